The lowest BCUT2D eigenvalue weighted by Gasteiger charge is -2.26. The van der Waals surface area contributed by atoms with Gasteiger partial charge in [0.1, 0.15) is 12.7 Å². The molecule has 0 radical (unpaired) electrons. The number of carbonyl (C=O) groups is 1. The molecule has 1 aliphatic heterocycles. The monoisotopic (exact) mass is 376 g/mol. The standard InChI is InChI=1S/C18H17BrO4/c19-13-18(15-9-5-2-6-10-15)22-12-16(23-18)11-21-17(20)14-7-3-1-4-8-14/h1-10,16H,11-13H2/t16-,18-/m1/s1. The zero-order valence-corrected chi connectivity index (χ0v) is 14.1. The lowest BCUT2D eigenvalue weighted by Crippen LogP contribution is -2.31. The van der Waals surface area contributed by atoms with Crippen molar-refractivity contribution in [3.05, 3.63) is 71.8 Å². The Labute approximate surface area is 143 Å². The molecule has 2 atom stereocenters. The van der Waals surface area contributed by atoms with Gasteiger partial charge in [0.05, 0.1) is 17.5 Å². The summed E-state index contributed by atoms with van der Waals surface area (Å²) in [5.41, 5.74) is 1.47. The minimum absolute atomic E-state index is 0.162. The van der Waals surface area contributed by atoms with Gasteiger partial charge in [0.2, 0.25) is 5.79 Å². The van der Waals surface area contributed by atoms with E-state index in [1.807, 2.05) is 36.4 Å². The van der Waals surface area contributed by atoms with Crippen molar-refractivity contribution in [1.82, 2.24) is 0 Å². The second kappa shape index (κ2) is 7.25. The number of esters is 1. The molecule has 23 heavy (non-hydrogen) atoms. The van der Waals surface area contributed by atoms with Gasteiger partial charge in [0.15, 0.2) is 0 Å². The number of alkyl halides is 1. The molecule has 0 N–H and O–H groups in total. The van der Waals surface area contributed by atoms with E-state index in [0.29, 0.717) is 17.5 Å². The molecular formula is C18H17BrO4. The van der Waals surface area contributed by atoms with Gasteiger partial charge in [-0.3, -0.25) is 0 Å². The van der Waals surface area contributed by atoms with Gasteiger partial charge < -0.3 is 14.2 Å². The summed E-state index contributed by atoms with van der Waals surface area (Å²) in [6.07, 6.45) is -0.291. The number of rotatable bonds is 5. The van der Waals surface area contributed by atoms with Crippen LogP contribution < -0.4 is 0 Å². The van der Waals surface area contributed by atoms with E-state index in [1.54, 1.807) is 24.3 Å². The van der Waals surface area contributed by atoms with E-state index in [9.17, 15) is 4.79 Å². The lowest BCUT2D eigenvalue weighted by atomic mass is 10.1. The predicted octanol–water partition coefficient (Wildman–Crippen LogP) is 3.51. The average Bonchev–Trinajstić information content (AvgIpc) is 3.06. The van der Waals surface area contributed by atoms with Crippen molar-refractivity contribution >= 4 is 21.9 Å². The van der Waals surface area contributed by atoms with Crippen molar-refractivity contribution < 1.29 is 19.0 Å². The predicted molar refractivity (Wildman–Crippen MR) is 89.5 cm³/mol. The third-order valence-electron chi connectivity index (χ3n) is 3.66. The van der Waals surface area contributed by atoms with Crippen LogP contribution in [0.15, 0.2) is 60.7 Å². The van der Waals surface area contributed by atoms with E-state index in [4.69, 9.17) is 14.2 Å². The molecule has 2 aromatic carbocycles. The Bertz CT molecular complexity index is 647. The molecule has 0 unspecified atom stereocenters. The van der Waals surface area contributed by atoms with Crippen molar-refractivity contribution in [1.29, 1.82) is 0 Å². The molecule has 2 aromatic rings. The number of hydrogen-bond donors (Lipinski definition) is 0. The molecule has 1 aliphatic rings. The van der Waals surface area contributed by atoms with Crippen LogP contribution in [0.2, 0.25) is 0 Å². The van der Waals surface area contributed by atoms with Crippen molar-refractivity contribution in [2.75, 3.05) is 18.5 Å². The number of benzene rings is 2. The molecule has 0 amide bonds. The number of carbonyl (C=O) groups excluding carboxylic acids is 1. The van der Waals surface area contributed by atoms with Crippen LogP contribution in [-0.2, 0) is 20.0 Å². The number of hydrogen-bond acceptors (Lipinski definition) is 4. The van der Waals surface area contributed by atoms with Crippen molar-refractivity contribution in [2.24, 2.45) is 0 Å². The van der Waals surface area contributed by atoms with Crippen LogP contribution >= 0.6 is 15.9 Å². The zero-order chi connectivity index (χ0) is 16.1. The summed E-state index contributed by atoms with van der Waals surface area (Å²) in [6, 6.07) is 18.6. The fourth-order valence-corrected chi connectivity index (χ4v) is 3.08. The summed E-state index contributed by atoms with van der Waals surface area (Å²) in [4.78, 5) is 12.0. The van der Waals surface area contributed by atoms with Crippen LogP contribution in [0.25, 0.3) is 0 Å². The van der Waals surface area contributed by atoms with Crippen LogP contribution in [0.5, 0.6) is 0 Å². The summed E-state index contributed by atoms with van der Waals surface area (Å²) < 4.78 is 17.2. The Hall–Kier alpha value is -1.69. The Morgan fingerprint density at radius 1 is 1.13 bits per heavy atom. The highest BCUT2D eigenvalue weighted by molar-refractivity contribution is 9.09. The normalized spacial score (nSPS) is 23.6. The molecule has 1 heterocycles. The van der Waals surface area contributed by atoms with Crippen molar-refractivity contribution in [2.45, 2.75) is 11.9 Å². The summed E-state index contributed by atoms with van der Waals surface area (Å²) >= 11 is 3.46. The second-order valence-corrected chi connectivity index (χ2v) is 5.83. The minimum atomic E-state index is -0.828. The Morgan fingerprint density at radius 2 is 1.78 bits per heavy atom. The Kier molecular flexibility index (Phi) is 5.10. The average molecular weight is 377 g/mol. The van der Waals surface area contributed by atoms with Crippen LogP contribution in [0.1, 0.15) is 15.9 Å². The maximum absolute atomic E-state index is 12.0. The number of halogens is 1. The summed E-state index contributed by atoms with van der Waals surface area (Å²) in [6.45, 7) is 0.540. The first-order valence-corrected chi connectivity index (χ1v) is 8.51. The third-order valence-corrected chi connectivity index (χ3v) is 4.40. The first-order chi connectivity index (χ1) is 11.2. The molecule has 0 spiro atoms. The molecule has 5 heteroatoms. The third kappa shape index (κ3) is 3.63. The quantitative estimate of drug-likeness (QED) is 0.591. The van der Waals surface area contributed by atoms with Gasteiger partial charge in [0.25, 0.3) is 0 Å². The van der Waals surface area contributed by atoms with Crippen LogP contribution in [-0.4, -0.2) is 30.6 Å². The summed E-state index contributed by atoms with van der Waals surface area (Å²) in [5, 5.41) is 0.507. The molecule has 3 rings (SSSR count). The van der Waals surface area contributed by atoms with Crippen molar-refractivity contribution in [3.63, 3.8) is 0 Å². The lowest BCUT2D eigenvalue weighted by molar-refractivity contribution is -0.160. The van der Waals surface area contributed by atoms with E-state index in [1.165, 1.54) is 0 Å². The summed E-state index contributed by atoms with van der Waals surface area (Å²) in [7, 11) is 0. The Morgan fingerprint density at radius 3 is 2.43 bits per heavy atom. The smallest absolute Gasteiger partial charge is 0.338 e. The molecular weight excluding hydrogens is 360 g/mol. The first-order valence-electron chi connectivity index (χ1n) is 7.39. The van der Waals surface area contributed by atoms with Gasteiger partial charge in [-0.05, 0) is 12.1 Å². The van der Waals surface area contributed by atoms with Gasteiger partial charge in [-0.1, -0.05) is 64.5 Å². The van der Waals surface area contributed by atoms with E-state index in [2.05, 4.69) is 15.9 Å². The van der Waals surface area contributed by atoms with Gasteiger partial charge in [-0.2, -0.15) is 0 Å². The highest BCUT2D eigenvalue weighted by Crippen LogP contribution is 2.36. The molecule has 0 aromatic heterocycles. The largest absolute Gasteiger partial charge is 0.459 e. The highest BCUT2D eigenvalue weighted by Gasteiger charge is 2.42. The van der Waals surface area contributed by atoms with E-state index < -0.39 is 5.79 Å². The van der Waals surface area contributed by atoms with Gasteiger partial charge in [-0.25, -0.2) is 4.79 Å². The maximum atomic E-state index is 12.0. The topological polar surface area (TPSA) is 44.8 Å². The van der Waals surface area contributed by atoms with Crippen LogP contribution in [0.3, 0.4) is 0 Å². The molecule has 4 nitrogen and oxygen atoms in total. The highest BCUT2D eigenvalue weighted by atomic mass is 79.9. The van der Waals surface area contributed by atoms with Gasteiger partial charge >= 0.3 is 5.97 Å². The second-order valence-electron chi connectivity index (χ2n) is 5.27. The van der Waals surface area contributed by atoms with E-state index in [-0.39, 0.29) is 18.7 Å². The molecule has 0 aliphatic carbocycles. The van der Waals surface area contributed by atoms with Crippen molar-refractivity contribution in [3.8, 4) is 0 Å². The number of ether oxygens (including phenoxy) is 3. The minimum Gasteiger partial charge on any atom is -0.459 e. The molecule has 1 saturated heterocycles. The summed E-state index contributed by atoms with van der Waals surface area (Å²) in [5.74, 6) is -1.18. The van der Waals surface area contributed by atoms with E-state index in [0.717, 1.165) is 5.56 Å². The fraction of sp³-hybridized carbons (Fsp3) is 0.278. The molecule has 120 valence electrons. The molecule has 0 bridgehead atoms. The van der Waals surface area contributed by atoms with Gasteiger partial charge in [0, 0.05) is 5.56 Å². The van der Waals surface area contributed by atoms with E-state index >= 15 is 0 Å². The first kappa shape index (κ1) is 16.2. The maximum Gasteiger partial charge on any atom is 0.338 e. The van der Waals surface area contributed by atoms with Crippen LogP contribution in [0.4, 0.5) is 0 Å². The molecule has 0 saturated carbocycles. The molecule has 1 fully saturated rings. The Balaban J connectivity index is 1.60. The van der Waals surface area contributed by atoms with Gasteiger partial charge in [-0.15, -0.1) is 0 Å². The van der Waals surface area contributed by atoms with Crippen LogP contribution in [0, 0.1) is 0 Å². The fourth-order valence-electron chi connectivity index (χ4n) is 2.46. The SMILES string of the molecule is O=C(OC[C@@H]1CO[C@@](CBr)(c2ccccc2)O1)c1ccccc1. The zero-order valence-electron chi connectivity index (χ0n) is 12.5.